The van der Waals surface area contributed by atoms with E-state index < -0.39 is 0 Å². The Hall–Kier alpha value is -0.840. The molecule has 1 aromatic carbocycles. The van der Waals surface area contributed by atoms with Crippen molar-refractivity contribution in [2.45, 2.75) is 0 Å². The lowest BCUT2D eigenvalue weighted by Crippen LogP contribution is -2.30. The third-order valence-electron chi connectivity index (χ3n) is 2.95. The molecular formula is C14H16BrClN2O. The second-order valence-electron chi connectivity index (χ2n) is 4.14. The van der Waals surface area contributed by atoms with E-state index in [0.29, 0.717) is 12.5 Å². The fourth-order valence-electron chi connectivity index (χ4n) is 2.03. The van der Waals surface area contributed by atoms with E-state index in [4.69, 9.17) is 16.3 Å². The summed E-state index contributed by atoms with van der Waals surface area (Å²) in [6.07, 6.45) is 1.83. The van der Waals surface area contributed by atoms with Crippen LogP contribution in [0.4, 0.5) is 5.82 Å². The summed E-state index contributed by atoms with van der Waals surface area (Å²) in [5.74, 6) is 1.52. The first-order valence-corrected chi connectivity index (χ1v) is 7.43. The molecule has 0 N–H and O–H groups in total. The third kappa shape index (κ3) is 3.38. The minimum atomic E-state index is 0.565. The molecule has 0 unspecified atom stereocenters. The van der Waals surface area contributed by atoms with E-state index in [1.54, 1.807) is 7.11 Å². The van der Waals surface area contributed by atoms with E-state index in [9.17, 15) is 0 Å². The SMILES string of the molecule is COCCN(CCCl)c1nccc2c(Br)cccc12. The molecule has 19 heavy (non-hydrogen) atoms. The Kier molecular flexibility index (Phi) is 5.43. The highest BCUT2D eigenvalue weighted by atomic mass is 79.9. The predicted molar refractivity (Wildman–Crippen MR) is 84.3 cm³/mol. The number of nitrogens with zero attached hydrogens (tertiary/aromatic N) is 2. The van der Waals surface area contributed by atoms with E-state index in [1.807, 2.05) is 24.4 Å². The fraction of sp³-hybridized carbons (Fsp3) is 0.357. The van der Waals surface area contributed by atoms with Crippen molar-refractivity contribution in [3.05, 3.63) is 34.9 Å². The number of methoxy groups -OCH3 is 1. The van der Waals surface area contributed by atoms with E-state index in [-0.39, 0.29) is 0 Å². The molecule has 2 rings (SSSR count). The second-order valence-corrected chi connectivity index (χ2v) is 5.37. The molecule has 0 amide bonds. The molecule has 3 nitrogen and oxygen atoms in total. The number of fused-ring (bicyclic) bond motifs is 1. The Bertz CT molecular complexity index is 550. The lowest BCUT2D eigenvalue weighted by atomic mass is 10.1. The molecule has 102 valence electrons. The van der Waals surface area contributed by atoms with Crippen LogP contribution in [0.25, 0.3) is 10.8 Å². The number of hydrogen-bond acceptors (Lipinski definition) is 3. The van der Waals surface area contributed by atoms with Gasteiger partial charge in [0.2, 0.25) is 0 Å². The summed E-state index contributed by atoms with van der Waals surface area (Å²) in [7, 11) is 1.70. The first-order valence-electron chi connectivity index (χ1n) is 6.11. The monoisotopic (exact) mass is 342 g/mol. The Morgan fingerprint density at radius 2 is 2.11 bits per heavy atom. The number of anilines is 1. The molecule has 0 aliphatic rings. The van der Waals surface area contributed by atoms with Crippen molar-refractivity contribution in [2.24, 2.45) is 0 Å². The molecule has 5 heteroatoms. The molecule has 0 radical (unpaired) electrons. The van der Waals surface area contributed by atoms with Gasteiger partial charge in [0.25, 0.3) is 0 Å². The van der Waals surface area contributed by atoms with Crippen molar-refractivity contribution in [3.63, 3.8) is 0 Å². The fourth-order valence-corrected chi connectivity index (χ4v) is 2.73. The average Bonchev–Trinajstić information content (AvgIpc) is 2.43. The molecular weight excluding hydrogens is 328 g/mol. The zero-order valence-corrected chi connectivity index (χ0v) is 13.1. The lowest BCUT2D eigenvalue weighted by molar-refractivity contribution is 0.205. The van der Waals surface area contributed by atoms with Gasteiger partial charge in [0.05, 0.1) is 6.61 Å². The molecule has 0 fully saturated rings. The van der Waals surface area contributed by atoms with E-state index >= 15 is 0 Å². The third-order valence-corrected chi connectivity index (χ3v) is 3.81. The second kappa shape index (κ2) is 7.08. The van der Waals surface area contributed by atoms with Crippen LogP contribution in [0.5, 0.6) is 0 Å². The van der Waals surface area contributed by atoms with Gasteiger partial charge in [-0.05, 0) is 12.1 Å². The smallest absolute Gasteiger partial charge is 0.136 e. The maximum absolute atomic E-state index is 5.89. The van der Waals surface area contributed by atoms with E-state index in [0.717, 1.165) is 34.2 Å². The van der Waals surface area contributed by atoms with Gasteiger partial charge in [0.1, 0.15) is 5.82 Å². The van der Waals surface area contributed by atoms with Gasteiger partial charge < -0.3 is 9.64 Å². The van der Waals surface area contributed by atoms with Crippen LogP contribution in [-0.2, 0) is 4.74 Å². The van der Waals surface area contributed by atoms with Crippen molar-refractivity contribution in [1.82, 2.24) is 4.98 Å². The van der Waals surface area contributed by atoms with Crippen LogP contribution < -0.4 is 4.90 Å². The zero-order valence-electron chi connectivity index (χ0n) is 10.8. The quantitative estimate of drug-likeness (QED) is 0.748. The number of halogens is 2. The number of hydrogen-bond donors (Lipinski definition) is 0. The molecule has 0 atom stereocenters. The van der Waals surface area contributed by atoms with Crippen molar-refractivity contribution < 1.29 is 4.74 Å². The summed E-state index contributed by atoms with van der Waals surface area (Å²) < 4.78 is 6.23. The van der Waals surface area contributed by atoms with Crippen molar-refractivity contribution >= 4 is 44.1 Å². The lowest BCUT2D eigenvalue weighted by Gasteiger charge is -2.23. The Labute approximate surface area is 126 Å². The van der Waals surface area contributed by atoms with Crippen LogP contribution in [-0.4, -0.2) is 37.7 Å². The molecule has 0 bridgehead atoms. The van der Waals surface area contributed by atoms with Crippen molar-refractivity contribution in [1.29, 1.82) is 0 Å². The Morgan fingerprint density at radius 1 is 1.26 bits per heavy atom. The maximum atomic E-state index is 5.89. The standard InChI is InChI=1S/C14H16BrClN2O/c1-19-10-9-18(8-6-16)14-12-3-2-4-13(15)11(12)5-7-17-14/h2-5,7H,6,8-10H2,1H3. The number of benzene rings is 1. The van der Waals surface area contributed by atoms with E-state index in [1.165, 1.54) is 0 Å². The minimum Gasteiger partial charge on any atom is -0.383 e. The summed E-state index contributed by atoms with van der Waals surface area (Å²) >= 11 is 9.46. The number of ether oxygens (including phenoxy) is 1. The summed E-state index contributed by atoms with van der Waals surface area (Å²) in [5.41, 5.74) is 0. The number of aromatic nitrogens is 1. The summed E-state index contributed by atoms with van der Waals surface area (Å²) in [5, 5.41) is 2.28. The molecule has 0 aliphatic carbocycles. The summed E-state index contributed by atoms with van der Waals surface area (Å²) in [6, 6.07) is 8.15. The highest BCUT2D eigenvalue weighted by molar-refractivity contribution is 9.10. The number of alkyl halides is 1. The van der Waals surface area contributed by atoms with Crippen LogP contribution in [0, 0.1) is 0 Å². The molecule has 0 spiro atoms. The average molecular weight is 344 g/mol. The molecule has 0 saturated heterocycles. The van der Waals surface area contributed by atoms with Crippen LogP contribution in [0.3, 0.4) is 0 Å². The number of rotatable bonds is 6. The molecule has 1 aromatic heterocycles. The summed E-state index contributed by atoms with van der Waals surface area (Å²) in [4.78, 5) is 6.67. The molecule has 0 aliphatic heterocycles. The van der Waals surface area contributed by atoms with Crippen LogP contribution in [0.1, 0.15) is 0 Å². The predicted octanol–water partition coefficient (Wildman–Crippen LogP) is 3.69. The van der Waals surface area contributed by atoms with Gasteiger partial charge in [-0.15, -0.1) is 11.6 Å². The van der Waals surface area contributed by atoms with Crippen molar-refractivity contribution in [2.75, 3.05) is 37.6 Å². The minimum absolute atomic E-state index is 0.565. The van der Waals surface area contributed by atoms with Crippen LogP contribution >= 0.6 is 27.5 Å². The maximum Gasteiger partial charge on any atom is 0.136 e. The summed E-state index contributed by atoms with van der Waals surface area (Å²) in [6.45, 7) is 2.19. The first-order chi connectivity index (χ1) is 9.27. The molecule has 0 saturated carbocycles. The van der Waals surface area contributed by atoms with Gasteiger partial charge in [-0.1, -0.05) is 28.1 Å². The van der Waals surface area contributed by atoms with Gasteiger partial charge in [-0.3, -0.25) is 0 Å². The first kappa shape index (κ1) is 14.6. The highest BCUT2D eigenvalue weighted by Gasteiger charge is 2.12. The molecule has 2 aromatic rings. The number of pyridine rings is 1. The largest absolute Gasteiger partial charge is 0.383 e. The normalized spacial score (nSPS) is 10.9. The van der Waals surface area contributed by atoms with Gasteiger partial charge in [-0.25, -0.2) is 4.98 Å². The van der Waals surface area contributed by atoms with Gasteiger partial charge >= 0.3 is 0 Å². The zero-order chi connectivity index (χ0) is 13.7. The van der Waals surface area contributed by atoms with E-state index in [2.05, 4.69) is 31.9 Å². The van der Waals surface area contributed by atoms with Gasteiger partial charge in [0, 0.05) is 47.5 Å². The van der Waals surface area contributed by atoms with Crippen LogP contribution in [0.2, 0.25) is 0 Å². The van der Waals surface area contributed by atoms with Crippen molar-refractivity contribution in [3.8, 4) is 0 Å². The molecule has 1 heterocycles. The Balaban J connectivity index is 2.43. The highest BCUT2D eigenvalue weighted by Crippen LogP contribution is 2.29. The van der Waals surface area contributed by atoms with Crippen LogP contribution in [0.15, 0.2) is 34.9 Å². The topological polar surface area (TPSA) is 25.4 Å². The van der Waals surface area contributed by atoms with Gasteiger partial charge in [0.15, 0.2) is 0 Å². The Morgan fingerprint density at radius 3 is 2.84 bits per heavy atom. The van der Waals surface area contributed by atoms with Gasteiger partial charge in [-0.2, -0.15) is 0 Å².